The molecule has 24 heavy (non-hydrogen) atoms. The minimum Gasteiger partial charge on any atom is -0.468 e. The zero-order chi connectivity index (χ0) is 16.3. The van der Waals surface area contributed by atoms with Crippen LogP contribution in [0.2, 0.25) is 0 Å². The number of nitrogens with zero attached hydrogens (tertiary/aromatic N) is 2. The third-order valence-corrected chi connectivity index (χ3v) is 3.96. The van der Waals surface area contributed by atoms with Gasteiger partial charge in [-0.2, -0.15) is 0 Å². The Bertz CT molecular complexity index is 447. The van der Waals surface area contributed by atoms with Crippen LogP contribution in [-0.4, -0.2) is 56.8 Å². The number of halogens is 1. The molecule has 1 aliphatic rings. The third-order valence-electron chi connectivity index (χ3n) is 3.96. The van der Waals surface area contributed by atoms with E-state index in [9.17, 15) is 0 Å². The number of furan rings is 1. The second-order valence-corrected chi connectivity index (χ2v) is 5.62. The highest BCUT2D eigenvalue weighted by molar-refractivity contribution is 14.0. The fourth-order valence-corrected chi connectivity index (χ4v) is 2.82. The van der Waals surface area contributed by atoms with Crippen molar-refractivity contribution in [1.82, 2.24) is 15.5 Å². The molecule has 1 unspecified atom stereocenters. The molecule has 2 rings (SSSR count). The van der Waals surface area contributed by atoms with E-state index in [4.69, 9.17) is 14.1 Å². The van der Waals surface area contributed by atoms with Gasteiger partial charge in [0.2, 0.25) is 0 Å². The summed E-state index contributed by atoms with van der Waals surface area (Å²) >= 11 is 0. The quantitative estimate of drug-likeness (QED) is 0.262. The van der Waals surface area contributed by atoms with E-state index in [1.165, 1.54) is 12.8 Å². The summed E-state index contributed by atoms with van der Waals surface area (Å²) in [6.45, 7) is 10.0. The lowest BCUT2D eigenvalue weighted by molar-refractivity contribution is 0.152. The van der Waals surface area contributed by atoms with Crippen LogP contribution in [0.25, 0.3) is 0 Å². The summed E-state index contributed by atoms with van der Waals surface area (Å²) in [7, 11) is 0. The van der Waals surface area contributed by atoms with Crippen molar-refractivity contribution in [3.05, 3.63) is 24.2 Å². The first-order valence-corrected chi connectivity index (χ1v) is 8.72. The molecule has 1 fully saturated rings. The van der Waals surface area contributed by atoms with Crippen molar-refractivity contribution in [1.29, 1.82) is 0 Å². The van der Waals surface area contributed by atoms with Gasteiger partial charge in [-0.25, -0.2) is 0 Å². The van der Waals surface area contributed by atoms with Crippen molar-refractivity contribution >= 4 is 29.9 Å². The molecule has 1 aromatic heterocycles. The first-order chi connectivity index (χ1) is 11.3. The number of likely N-dealkylation sites (tertiary alicyclic amines) is 1. The van der Waals surface area contributed by atoms with Crippen LogP contribution >= 0.6 is 24.0 Å². The van der Waals surface area contributed by atoms with Crippen molar-refractivity contribution in [2.24, 2.45) is 4.99 Å². The summed E-state index contributed by atoms with van der Waals surface area (Å²) in [4.78, 5) is 7.21. The first-order valence-electron chi connectivity index (χ1n) is 8.72. The molecular weight excluding hydrogens is 419 g/mol. The minimum absolute atomic E-state index is 0. The number of nitrogens with one attached hydrogen (secondary N) is 2. The number of ether oxygens (including phenoxy) is 1. The predicted octanol–water partition coefficient (Wildman–Crippen LogP) is 2.63. The van der Waals surface area contributed by atoms with Gasteiger partial charge in [0, 0.05) is 19.7 Å². The van der Waals surface area contributed by atoms with Crippen LogP contribution in [0, 0.1) is 0 Å². The van der Waals surface area contributed by atoms with Crippen molar-refractivity contribution in [2.45, 2.75) is 32.7 Å². The molecule has 2 N–H and O–H groups in total. The smallest absolute Gasteiger partial charge is 0.191 e. The Kier molecular flexibility index (Phi) is 11.1. The monoisotopic (exact) mass is 450 g/mol. The molecule has 0 aliphatic carbocycles. The van der Waals surface area contributed by atoms with E-state index < -0.39 is 0 Å². The van der Waals surface area contributed by atoms with Gasteiger partial charge < -0.3 is 19.8 Å². The van der Waals surface area contributed by atoms with Gasteiger partial charge in [0.15, 0.2) is 5.96 Å². The van der Waals surface area contributed by atoms with Crippen LogP contribution in [0.15, 0.2) is 27.8 Å². The lowest BCUT2D eigenvalue weighted by Gasteiger charge is -2.24. The zero-order valence-electron chi connectivity index (χ0n) is 14.8. The van der Waals surface area contributed by atoms with Crippen LogP contribution in [-0.2, 0) is 4.74 Å². The van der Waals surface area contributed by atoms with Gasteiger partial charge in [-0.05, 0) is 51.9 Å². The number of hydrogen-bond donors (Lipinski definition) is 2. The summed E-state index contributed by atoms with van der Waals surface area (Å²) < 4.78 is 11.0. The average Bonchev–Trinajstić information content (AvgIpc) is 3.25. The molecule has 1 aliphatic heterocycles. The molecule has 0 radical (unpaired) electrons. The largest absolute Gasteiger partial charge is 0.468 e. The molecule has 0 bridgehead atoms. The topological polar surface area (TPSA) is 62.0 Å². The van der Waals surface area contributed by atoms with Crippen LogP contribution in [0.5, 0.6) is 0 Å². The number of guanidine groups is 1. The fraction of sp³-hybridized carbons (Fsp3) is 0.706. The molecule has 1 aromatic rings. The van der Waals surface area contributed by atoms with E-state index in [-0.39, 0.29) is 30.0 Å². The van der Waals surface area contributed by atoms with E-state index in [0.717, 1.165) is 44.5 Å². The Morgan fingerprint density at radius 2 is 2.12 bits per heavy atom. The highest BCUT2D eigenvalue weighted by atomic mass is 127. The van der Waals surface area contributed by atoms with E-state index in [1.54, 1.807) is 6.26 Å². The molecule has 0 aromatic carbocycles. The normalized spacial score (nSPS) is 16.7. The van der Waals surface area contributed by atoms with E-state index in [1.807, 2.05) is 19.1 Å². The summed E-state index contributed by atoms with van der Waals surface area (Å²) in [6, 6.07) is 4.22. The van der Waals surface area contributed by atoms with Gasteiger partial charge in [-0.15, -0.1) is 24.0 Å². The SMILES string of the molecule is CCNC(=NCC(c1ccco1)N1CCCC1)NCCOCC.I. The molecule has 138 valence electrons. The maximum absolute atomic E-state index is 5.64. The maximum atomic E-state index is 5.64. The molecule has 0 amide bonds. The van der Waals surface area contributed by atoms with Gasteiger partial charge in [0.25, 0.3) is 0 Å². The third kappa shape index (κ3) is 6.98. The number of aliphatic imine (C=N–C) groups is 1. The summed E-state index contributed by atoms with van der Waals surface area (Å²) in [5.41, 5.74) is 0. The first kappa shape index (κ1) is 21.2. The lowest BCUT2D eigenvalue weighted by atomic mass is 10.2. The Balaban J connectivity index is 0.00000288. The molecule has 1 atom stereocenters. The van der Waals surface area contributed by atoms with E-state index in [0.29, 0.717) is 13.2 Å². The highest BCUT2D eigenvalue weighted by Gasteiger charge is 2.25. The van der Waals surface area contributed by atoms with Crippen LogP contribution in [0.1, 0.15) is 38.5 Å². The maximum Gasteiger partial charge on any atom is 0.191 e. The molecule has 2 heterocycles. The number of rotatable bonds is 9. The van der Waals surface area contributed by atoms with Crippen molar-refractivity contribution in [2.75, 3.05) is 45.9 Å². The Labute approximate surface area is 162 Å². The standard InChI is InChI=1S/C17H30N4O2.HI/c1-3-18-17(19-9-13-22-4-2)20-14-15(16-8-7-12-23-16)21-10-5-6-11-21;/h7-8,12,15H,3-6,9-11,13-14H2,1-2H3,(H2,18,19,20);1H. The van der Waals surface area contributed by atoms with Crippen molar-refractivity contribution < 1.29 is 9.15 Å². The van der Waals surface area contributed by atoms with Gasteiger partial charge in [0.1, 0.15) is 5.76 Å². The zero-order valence-corrected chi connectivity index (χ0v) is 17.1. The van der Waals surface area contributed by atoms with Crippen LogP contribution in [0.4, 0.5) is 0 Å². The average molecular weight is 450 g/mol. The van der Waals surface area contributed by atoms with Gasteiger partial charge in [0.05, 0.1) is 25.5 Å². The Hall–Kier alpha value is -0.800. The Morgan fingerprint density at radius 3 is 2.75 bits per heavy atom. The highest BCUT2D eigenvalue weighted by Crippen LogP contribution is 2.25. The molecule has 0 spiro atoms. The number of hydrogen-bond acceptors (Lipinski definition) is 4. The van der Waals surface area contributed by atoms with Gasteiger partial charge in [-0.1, -0.05) is 0 Å². The van der Waals surface area contributed by atoms with Crippen molar-refractivity contribution in [3.63, 3.8) is 0 Å². The lowest BCUT2D eigenvalue weighted by Crippen LogP contribution is -2.39. The molecular formula is C17H31IN4O2. The molecule has 6 nitrogen and oxygen atoms in total. The Morgan fingerprint density at radius 1 is 1.33 bits per heavy atom. The van der Waals surface area contributed by atoms with Crippen LogP contribution < -0.4 is 10.6 Å². The summed E-state index contributed by atoms with van der Waals surface area (Å²) in [5, 5.41) is 6.60. The van der Waals surface area contributed by atoms with Gasteiger partial charge in [-0.3, -0.25) is 9.89 Å². The van der Waals surface area contributed by atoms with E-state index >= 15 is 0 Å². The second-order valence-electron chi connectivity index (χ2n) is 5.62. The van der Waals surface area contributed by atoms with Gasteiger partial charge >= 0.3 is 0 Å². The van der Waals surface area contributed by atoms with E-state index in [2.05, 4.69) is 22.5 Å². The van der Waals surface area contributed by atoms with Crippen LogP contribution in [0.3, 0.4) is 0 Å². The molecule has 1 saturated heterocycles. The predicted molar refractivity (Wildman–Crippen MR) is 108 cm³/mol. The second kappa shape index (κ2) is 12.5. The summed E-state index contributed by atoms with van der Waals surface area (Å²) in [6.07, 6.45) is 4.26. The molecule has 0 saturated carbocycles. The molecule has 7 heteroatoms. The minimum atomic E-state index is 0. The van der Waals surface area contributed by atoms with Crippen molar-refractivity contribution in [3.8, 4) is 0 Å². The summed E-state index contributed by atoms with van der Waals surface area (Å²) in [5.74, 6) is 1.84. The fourth-order valence-electron chi connectivity index (χ4n) is 2.82.